The molecule has 1 amide bonds. The van der Waals surface area contributed by atoms with Gasteiger partial charge in [0.25, 0.3) is 0 Å². The van der Waals surface area contributed by atoms with Crippen LogP contribution in [0.2, 0.25) is 0 Å². The van der Waals surface area contributed by atoms with Gasteiger partial charge in [-0.2, -0.15) is 0 Å². The third-order valence-corrected chi connectivity index (χ3v) is 3.78. The molecule has 0 bridgehead atoms. The van der Waals surface area contributed by atoms with Gasteiger partial charge in [-0.05, 0) is 6.92 Å². The molecule has 104 valence electrons. The molecule has 1 aliphatic heterocycles. The highest BCUT2D eigenvalue weighted by Crippen LogP contribution is 2.25. The van der Waals surface area contributed by atoms with Crippen LogP contribution in [0.15, 0.2) is 0 Å². The summed E-state index contributed by atoms with van der Waals surface area (Å²) < 4.78 is 5.25. The Morgan fingerprint density at radius 1 is 1.44 bits per heavy atom. The lowest BCUT2D eigenvalue weighted by Gasteiger charge is -2.27. The van der Waals surface area contributed by atoms with Gasteiger partial charge in [-0.15, -0.1) is 0 Å². The molecule has 0 aromatic heterocycles. The van der Waals surface area contributed by atoms with Gasteiger partial charge in [0.1, 0.15) is 5.60 Å². The zero-order chi connectivity index (χ0) is 13.9. The molecule has 1 aliphatic rings. The van der Waals surface area contributed by atoms with E-state index in [0.717, 1.165) is 0 Å². The lowest BCUT2D eigenvalue weighted by molar-refractivity contribution is -0.146. The highest BCUT2D eigenvalue weighted by molar-refractivity contribution is 5.84. The lowest BCUT2D eigenvalue weighted by atomic mass is 9.93. The average molecular weight is 259 g/mol. The topological polar surface area (TPSA) is 95.9 Å². The number of aliphatic carboxylic acids is 1. The number of carbonyl (C=O) groups is 2. The fraction of sp³-hybridized carbons (Fsp3) is 0.833. The van der Waals surface area contributed by atoms with Crippen molar-refractivity contribution in [2.75, 3.05) is 13.2 Å². The third-order valence-electron chi connectivity index (χ3n) is 3.78. The number of ether oxygens (including phenoxy) is 1. The standard InChI is InChI=1S/C12H21NO5/c1-7(8(2)11(15)16)10(14)13-6-12(17)4-5-18-9(12)3/h7-9,17H,4-6H2,1-3H3,(H,13,14)(H,15,16). The van der Waals surface area contributed by atoms with E-state index in [1.165, 1.54) is 6.92 Å². The smallest absolute Gasteiger partial charge is 0.307 e. The summed E-state index contributed by atoms with van der Waals surface area (Å²) >= 11 is 0. The van der Waals surface area contributed by atoms with Crippen molar-refractivity contribution in [2.45, 2.75) is 38.9 Å². The summed E-state index contributed by atoms with van der Waals surface area (Å²) in [5, 5.41) is 21.6. The molecule has 1 heterocycles. The van der Waals surface area contributed by atoms with Gasteiger partial charge in [0, 0.05) is 25.5 Å². The normalized spacial score (nSPS) is 30.8. The number of carboxylic acid groups (broad SMARTS) is 1. The first kappa shape index (κ1) is 14.9. The molecule has 0 spiro atoms. The Morgan fingerprint density at radius 2 is 2.06 bits per heavy atom. The molecule has 4 unspecified atom stereocenters. The van der Waals surface area contributed by atoms with Crippen molar-refractivity contribution in [1.29, 1.82) is 0 Å². The second-order valence-electron chi connectivity index (χ2n) is 5.00. The molecule has 18 heavy (non-hydrogen) atoms. The van der Waals surface area contributed by atoms with E-state index >= 15 is 0 Å². The van der Waals surface area contributed by atoms with Gasteiger partial charge in [0.15, 0.2) is 0 Å². The maximum atomic E-state index is 11.8. The zero-order valence-corrected chi connectivity index (χ0v) is 11.0. The Bertz CT molecular complexity index is 332. The Balaban J connectivity index is 2.48. The predicted molar refractivity (Wildman–Crippen MR) is 64.0 cm³/mol. The molecular formula is C12H21NO5. The fourth-order valence-corrected chi connectivity index (χ4v) is 1.85. The van der Waals surface area contributed by atoms with E-state index in [1.807, 2.05) is 0 Å². The number of amides is 1. The molecule has 0 aromatic carbocycles. The lowest BCUT2D eigenvalue weighted by Crippen LogP contribution is -2.49. The highest BCUT2D eigenvalue weighted by Gasteiger charge is 2.40. The molecule has 1 saturated heterocycles. The number of aliphatic hydroxyl groups is 1. The maximum absolute atomic E-state index is 11.8. The summed E-state index contributed by atoms with van der Waals surface area (Å²) in [5.41, 5.74) is -1.05. The monoisotopic (exact) mass is 259 g/mol. The Morgan fingerprint density at radius 3 is 2.50 bits per heavy atom. The first-order valence-electron chi connectivity index (χ1n) is 6.12. The van der Waals surface area contributed by atoms with Gasteiger partial charge in [-0.25, -0.2) is 0 Å². The van der Waals surface area contributed by atoms with E-state index < -0.39 is 23.4 Å². The fourth-order valence-electron chi connectivity index (χ4n) is 1.85. The van der Waals surface area contributed by atoms with E-state index in [0.29, 0.717) is 13.0 Å². The van der Waals surface area contributed by atoms with E-state index in [2.05, 4.69) is 5.32 Å². The minimum Gasteiger partial charge on any atom is -0.481 e. The number of hydrogen-bond donors (Lipinski definition) is 3. The van der Waals surface area contributed by atoms with E-state index in [9.17, 15) is 14.7 Å². The number of rotatable bonds is 5. The van der Waals surface area contributed by atoms with Crippen molar-refractivity contribution < 1.29 is 24.5 Å². The van der Waals surface area contributed by atoms with Gasteiger partial charge in [-0.3, -0.25) is 9.59 Å². The summed E-state index contributed by atoms with van der Waals surface area (Å²) in [6, 6.07) is 0. The molecule has 0 saturated carbocycles. The second kappa shape index (κ2) is 5.67. The van der Waals surface area contributed by atoms with Crippen LogP contribution < -0.4 is 5.32 Å². The van der Waals surface area contributed by atoms with E-state index in [4.69, 9.17) is 9.84 Å². The Labute approximate surface area is 106 Å². The van der Waals surface area contributed by atoms with Gasteiger partial charge in [-0.1, -0.05) is 13.8 Å². The third kappa shape index (κ3) is 3.20. The molecule has 1 fully saturated rings. The van der Waals surface area contributed by atoms with Crippen LogP contribution in [0.3, 0.4) is 0 Å². The quantitative estimate of drug-likeness (QED) is 0.646. The maximum Gasteiger partial charge on any atom is 0.307 e. The number of nitrogens with one attached hydrogen (secondary N) is 1. The van der Waals surface area contributed by atoms with Crippen molar-refractivity contribution >= 4 is 11.9 Å². The molecular weight excluding hydrogens is 238 g/mol. The largest absolute Gasteiger partial charge is 0.481 e. The van der Waals surface area contributed by atoms with Crippen LogP contribution in [-0.2, 0) is 14.3 Å². The van der Waals surface area contributed by atoms with Crippen LogP contribution in [0.25, 0.3) is 0 Å². The molecule has 3 N–H and O–H groups in total. The van der Waals surface area contributed by atoms with Gasteiger partial charge in [0.2, 0.25) is 5.91 Å². The molecule has 6 nitrogen and oxygen atoms in total. The van der Waals surface area contributed by atoms with Crippen LogP contribution >= 0.6 is 0 Å². The molecule has 1 rings (SSSR count). The SMILES string of the molecule is CC(C(=O)O)C(C)C(=O)NCC1(O)CCOC1C. The van der Waals surface area contributed by atoms with E-state index in [-0.39, 0.29) is 18.6 Å². The molecule has 6 heteroatoms. The summed E-state index contributed by atoms with van der Waals surface area (Å²) in [4.78, 5) is 22.5. The second-order valence-corrected chi connectivity index (χ2v) is 5.00. The van der Waals surface area contributed by atoms with E-state index in [1.54, 1.807) is 13.8 Å². The first-order valence-corrected chi connectivity index (χ1v) is 6.12. The minimum atomic E-state index is -1.05. The predicted octanol–water partition coefficient (Wildman–Crippen LogP) is -0.000700. The van der Waals surface area contributed by atoms with Crippen LogP contribution in [0.1, 0.15) is 27.2 Å². The minimum absolute atomic E-state index is 0.0870. The number of carboxylic acids is 1. The summed E-state index contributed by atoms with van der Waals surface area (Å²) in [5.74, 6) is -2.76. The Kier molecular flexibility index (Phi) is 4.70. The van der Waals surface area contributed by atoms with Gasteiger partial charge in [0.05, 0.1) is 12.0 Å². The van der Waals surface area contributed by atoms with Crippen LogP contribution in [-0.4, -0.2) is 46.9 Å². The van der Waals surface area contributed by atoms with Crippen molar-refractivity contribution in [3.63, 3.8) is 0 Å². The molecule has 4 atom stereocenters. The van der Waals surface area contributed by atoms with Crippen molar-refractivity contribution in [3.05, 3.63) is 0 Å². The summed E-state index contributed by atoms with van der Waals surface area (Å²) in [7, 11) is 0. The molecule has 0 radical (unpaired) electrons. The average Bonchev–Trinajstić information content (AvgIpc) is 2.65. The van der Waals surface area contributed by atoms with Gasteiger partial charge >= 0.3 is 5.97 Å². The molecule has 0 aromatic rings. The first-order chi connectivity index (χ1) is 8.28. The van der Waals surface area contributed by atoms with Crippen LogP contribution in [0, 0.1) is 11.8 Å². The van der Waals surface area contributed by atoms with Gasteiger partial charge < -0.3 is 20.3 Å². The van der Waals surface area contributed by atoms with Crippen LogP contribution in [0.4, 0.5) is 0 Å². The molecule has 0 aliphatic carbocycles. The highest BCUT2D eigenvalue weighted by atomic mass is 16.5. The Hall–Kier alpha value is -1.14. The number of carbonyl (C=O) groups excluding carboxylic acids is 1. The number of hydrogen-bond acceptors (Lipinski definition) is 4. The summed E-state index contributed by atoms with van der Waals surface area (Å²) in [6.45, 7) is 5.36. The van der Waals surface area contributed by atoms with Crippen molar-refractivity contribution in [3.8, 4) is 0 Å². The van der Waals surface area contributed by atoms with Crippen molar-refractivity contribution in [2.24, 2.45) is 11.8 Å². The summed E-state index contributed by atoms with van der Waals surface area (Å²) in [6.07, 6.45) is 0.141. The van der Waals surface area contributed by atoms with Crippen molar-refractivity contribution in [1.82, 2.24) is 5.32 Å². The zero-order valence-electron chi connectivity index (χ0n) is 11.0. The van der Waals surface area contributed by atoms with Crippen LogP contribution in [0.5, 0.6) is 0 Å².